The molecule has 5 nitrogen and oxygen atoms in total. The number of halogens is 2. The van der Waals surface area contributed by atoms with Crippen LogP contribution in [0, 0.1) is 18.6 Å². The number of aryl methyl sites for hydroxylation is 1. The molecule has 1 amide bonds. The Morgan fingerprint density at radius 1 is 1.12 bits per heavy atom. The number of hydrogen-bond acceptors (Lipinski definition) is 5. The molecule has 24 heavy (non-hydrogen) atoms. The minimum absolute atomic E-state index is 0.154. The largest absolute Gasteiger partial charge is 0.321 e. The van der Waals surface area contributed by atoms with Gasteiger partial charge in [-0.1, -0.05) is 6.07 Å². The lowest BCUT2D eigenvalue weighted by molar-refractivity contribution is 0.102. The summed E-state index contributed by atoms with van der Waals surface area (Å²) in [6, 6.07) is 8.65. The van der Waals surface area contributed by atoms with Crippen LogP contribution in [0.5, 0.6) is 0 Å². The molecule has 0 unspecified atom stereocenters. The highest BCUT2D eigenvalue weighted by atomic mass is 32.1. The maximum atomic E-state index is 13.2. The Balaban J connectivity index is 1.70. The van der Waals surface area contributed by atoms with Gasteiger partial charge in [-0.3, -0.25) is 4.79 Å². The van der Waals surface area contributed by atoms with Gasteiger partial charge < -0.3 is 10.6 Å². The topological polar surface area (TPSA) is 66.9 Å². The Bertz CT molecular complexity index is 897. The van der Waals surface area contributed by atoms with Gasteiger partial charge in [-0.05, 0) is 31.2 Å². The van der Waals surface area contributed by atoms with E-state index in [0.717, 1.165) is 17.8 Å². The van der Waals surface area contributed by atoms with Crippen molar-refractivity contribution >= 4 is 33.9 Å². The Hall–Kier alpha value is -2.87. The summed E-state index contributed by atoms with van der Waals surface area (Å²) < 4.78 is 26.0. The predicted molar refractivity (Wildman–Crippen MR) is 88.7 cm³/mol. The normalized spacial score (nSPS) is 10.5. The number of pyridine rings is 1. The van der Waals surface area contributed by atoms with Gasteiger partial charge in [-0.2, -0.15) is 0 Å². The van der Waals surface area contributed by atoms with E-state index in [1.807, 2.05) is 19.1 Å². The fourth-order valence-electron chi connectivity index (χ4n) is 1.93. The minimum Gasteiger partial charge on any atom is -0.321 e. The molecule has 0 aliphatic rings. The molecule has 0 fully saturated rings. The first kappa shape index (κ1) is 16.0. The third-order valence-electron chi connectivity index (χ3n) is 3.04. The molecule has 0 radical (unpaired) electrons. The second kappa shape index (κ2) is 6.71. The van der Waals surface area contributed by atoms with Gasteiger partial charge in [-0.25, -0.2) is 18.7 Å². The molecule has 0 aliphatic carbocycles. The summed E-state index contributed by atoms with van der Waals surface area (Å²) in [7, 11) is 0. The summed E-state index contributed by atoms with van der Waals surface area (Å²) in [6.07, 6.45) is 0. The van der Waals surface area contributed by atoms with Gasteiger partial charge in [0.25, 0.3) is 5.91 Å². The van der Waals surface area contributed by atoms with Gasteiger partial charge in [0.1, 0.15) is 11.5 Å². The van der Waals surface area contributed by atoms with Crippen molar-refractivity contribution in [2.24, 2.45) is 0 Å². The lowest BCUT2D eigenvalue weighted by atomic mass is 10.3. The lowest BCUT2D eigenvalue weighted by Gasteiger charge is -2.04. The van der Waals surface area contributed by atoms with Crippen molar-refractivity contribution in [3.8, 4) is 0 Å². The molecule has 0 saturated carbocycles. The fraction of sp³-hybridized carbons (Fsp3) is 0.0625. The molecule has 2 aromatic heterocycles. The molecule has 2 heterocycles. The molecule has 8 heteroatoms. The maximum Gasteiger partial charge on any atom is 0.275 e. The first-order valence-electron chi connectivity index (χ1n) is 6.94. The molecular formula is C16H12F2N4OS. The highest BCUT2D eigenvalue weighted by molar-refractivity contribution is 7.14. The van der Waals surface area contributed by atoms with Crippen LogP contribution in [0.25, 0.3) is 0 Å². The number of rotatable bonds is 4. The van der Waals surface area contributed by atoms with Crippen molar-refractivity contribution in [1.82, 2.24) is 9.97 Å². The standard InChI is InChI=1S/C16H12F2N4OS/c1-9-3-2-4-14(19-9)22-16-21-13(8-24-16)15(23)20-10-5-6-11(17)12(18)7-10/h2-8H,1H3,(H,20,23)(H,19,21,22). The highest BCUT2D eigenvalue weighted by Gasteiger charge is 2.12. The number of aromatic nitrogens is 2. The van der Waals surface area contributed by atoms with Crippen LogP contribution in [0.1, 0.15) is 16.2 Å². The first-order valence-corrected chi connectivity index (χ1v) is 7.82. The van der Waals surface area contributed by atoms with E-state index < -0.39 is 17.5 Å². The van der Waals surface area contributed by atoms with E-state index in [4.69, 9.17) is 0 Å². The average molecular weight is 346 g/mol. The average Bonchev–Trinajstić information content (AvgIpc) is 2.99. The molecule has 0 aliphatic heterocycles. The summed E-state index contributed by atoms with van der Waals surface area (Å²) in [5, 5.41) is 7.54. The summed E-state index contributed by atoms with van der Waals surface area (Å²) in [5.74, 6) is -1.89. The Kier molecular flexibility index (Phi) is 4.48. The van der Waals surface area contributed by atoms with E-state index in [0.29, 0.717) is 10.9 Å². The molecule has 3 aromatic rings. The number of anilines is 3. The van der Waals surface area contributed by atoms with Crippen LogP contribution < -0.4 is 10.6 Å². The van der Waals surface area contributed by atoms with Crippen LogP contribution in [0.4, 0.5) is 25.4 Å². The van der Waals surface area contributed by atoms with Crippen molar-refractivity contribution in [2.75, 3.05) is 10.6 Å². The second-order valence-electron chi connectivity index (χ2n) is 4.91. The Morgan fingerprint density at radius 3 is 2.71 bits per heavy atom. The third kappa shape index (κ3) is 3.72. The number of thiazole rings is 1. The van der Waals surface area contributed by atoms with Gasteiger partial charge in [-0.15, -0.1) is 11.3 Å². The van der Waals surface area contributed by atoms with Crippen LogP contribution in [0.2, 0.25) is 0 Å². The number of benzene rings is 1. The van der Waals surface area contributed by atoms with Gasteiger partial charge in [0, 0.05) is 22.8 Å². The molecule has 0 spiro atoms. The number of carbonyl (C=O) groups is 1. The van der Waals surface area contributed by atoms with Crippen LogP contribution >= 0.6 is 11.3 Å². The zero-order valence-corrected chi connectivity index (χ0v) is 13.3. The van der Waals surface area contributed by atoms with Crippen molar-refractivity contribution in [3.63, 3.8) is 0 Å². The zero-order valence-electron chi connectivity index (χ0n) is 12.5. The smallest absolute Gasteiger partial charge is 0.275 e. The Morgan fingerprint density at radius 2 is 1.96 bits per heavy atom. The van der Waals surface area contributed by atoms with Crippen LogP contribution in [-0.4, -0.2) is 15.9 Å². The van der Waals surface area contributed by atoms with E-state index in [9.17, 15) is 13.6 Å². The highest BCUT2D eigenvalue weighted by Crippen LogP contribution is 2.21. The number of nitrogens with one attached hydrogen (secondary N) is 2. The molecule has 2 N–H and O–H groups in total. The predicted octanol–water partition coefficient (Wildman–Crippen LogP) is 4.12. The van der Waals surface area contributed by atoms with Crippen molar-refractivity contribution in [3.05, 3.63) is 64.8 Å². The maximum absolute atomic E-state index is 13.2. The van der Waals surface area contributed by atoms with Crippen LogP contribution in [0.15, 0.2) is 41.8 Å². The van der Waals surface area contributed by atoms with Gasteiger partial charge in [0.05, 0.1) is 0 Å². The van der Waals surface area contributed by atoms with E-state index in [2.05, 4.69) is 20.6 Å². The van der Waals surface area contributed by atoms with Crippen LogP contribution in [-0.2, 0) is 0 Å². The fourth-order valence-corrected chi connectivity index (χ4v) is 2.62. The molecule has 0 atom stereocenters. The molecule has 1 aromatic carbocycles. The van der Waals surface area contributed by atoms with Gasteiger partial charge in [0.15, 0.2) is 16.8 Å². The van der Waals surface area contributed by atoms with Gasteiger partial charge >= 0.3 is 0 Å². The number of nitrogens with zero attached hydrogens (tertiary/aromatic N) is 2. The van der Waals surface area contributed by atoms with Crippen molar-refractivity contribution in [2.45, 2.75) is 6.92 Å². The summed E-state index contributed by atoms with van der Waals surface area (Å²) >= 11 is 1.24. The van der Waals surface area contributed by atoms with E-state index in [1.165, 1.54) is 17.4 Å². The third-order valence-corrected chi connectivity index (χ3v) is 3.80. The summed E-state index contributed by atoms with van der Waals surface area (Å²) in [5.41, 5.74) is 1.18. The lowest BCUT2D eigenvalue weighted by Crippen LogP contribution is -2.12. The second-order valence-corrected chi connectivity index (χ2v) is 5.77. The molecule has 0 bridgehead atoms. The van der Waals surface area contributed by atoms with Gasteiger partial charge in [0.2, 0.25) is 0 Å². The van der Waals surface area contributed by atoms with Crippen molar-refractivity contribution < 1.29 is 13.6 Å². The van der Waals surface area contributed by atoms with E-state index in [-0.39, 0.29) is 11.4 Å². The number of hydrogen-bond donors (Lipinski definition) is 2. The summed E-state index contributed by atoms with van der Waals surface area (Å²) in [4.78, 5) is 20.5. The SMILES string of the molecule is Cc1cccc(Nc2nc(C(=O)Nc3ccc(F)c(F)c3)cs2)n1. The van der Waals surface area contributed by atoms with Crippen molar-refractivity contribution in [1.29, 1.82) is 0 Å². The summed E-state index contributed by atoms with van der Waals surface area (Å²) in [6.45, 7) is 1.87. The molecule has 3 rings (SSSR count). The quantitative estimate of drug-likeness (QED) is 0.746. The Labute approximate surface area is 140 Å². The first-order chi connectivity index (χ1) is 11.5. The molecule has 122 valence electrons. The van der Waals surface area contributed by atoms with Crippen LogP contribution in [0.3, 0.4) is 0 Å². The molecule has 0 saturated heterocycles. The minimum atomic E-state index is -1.03. The van der Waals surface area contributed by atoms with E-state index >= 15 is 0 Å². The molecular weight excluding hydrogens is 334 g/mol. The number of amides is 1. The number of carbonyl (C=O) groups excluding carboxylic acids is 1. The zero-order chi connectivity index (χ0) is 17.1. The monoisotopic (exact) mass is 346 g/mol. The van der Waals surface area contributed by atoms with E-state index in [1.54, 1.807) is 11.4 Å².